The van der Waals surface area contributed by atoms with Gasteiger partial charge in [0, 0.05) is 6.42 Å². The predicted molar refractivity (Wildman–Crippen MR) is 68.6 cm³/mol. The largest absolute Gasteiger partial charge is 0.493 e. The van der Waals surface area contributed by atoms with Crippen LogP contribution >= 0.6 is 0 Å². The first kappa shape index (κ1) is 13.1. The number of carbonyl (C=O) groups is 1. The molecule has 2 rings (SSSR count). The van der Waals surface area contributed by atoms with Crippen LogP contribution in [0.4, 0.5) is 0 Å². The molecular weight excluding hydrogens is 246 g/mol. The minimum absolute atomic E-state index is 0.0518. The molecule has 0 aliphatic carbocycles. The number of carboxylic acid groups (broad SMARTS) is 1. The van der Waals surface area contributed by atoms with E-state index < -0.39 is 5.97 Å². The number of nitrogens with zero attached hydrogens (tertiary/aromatic N) is 1. The van der Waals surface area contributed by atoms with Crippen LogP contribution < -0.4 is 4.74 Å². The third kappa shape index (κ3) is 3.34. The minimum atomic E-state index is -1.09. The highest BCUT2D eigenvalue weighted by Gasteiger charge is 2.15. The summed E-state index contributed by atoms with van der Waals surface area (Å²) in [4.78, 5) is 14.5. The van der Waals surface area contributed by atoms with Crippen LogP contribution in [-0.2, 0) is 6.42 Å². The van der Waals surface area contributed by atoms with Gasteiger partial charge in [-0.25, -0.2) is 9.78 Å². The molecule has 0 aliphatic heterocycles. The number of ether oxygens (including phenoxy) is 1. The molecule has 1 heterocycles. The van der Waals surface area contributed by atoms with Crippen molar-refractivity contribution in [3.05, 3.63) is 47.2 Å². The minimum Gasteiger partial charge on any atom is -0.493 e. The van der Waals surface area contributed by atoms with Crippen LogP contribution in [0.2, 0.25) is 0 Å². The van der Waals surface area contributed by atoms with Gasteiger partial charge in [-0.3, -0.25) is 0 Å². The van der Waals surface area contributed by atoms with Crippen molar-refractivity contribution in [2.45, 2.75) is 20.3 Å². The highest BCUT2D eigenvalue weighted by molar-refractivity contribution is 5.86. The van der Waals surface area contributed by atoms with E-state index in [0.29, 0.717) is 18.8 Å². The Kier molecular flexibility index (Phi) is 3.85. The molecule has 0 saturated heterocycles. The zero-order valence-electron chi connectivity index (χ0n) is 10.8. The van der Waals surface area contributed by atoms with Crippen LogP contribution in [0.1, 0.15) is 27.4 Å². The van der Waals surface area contributed by atoms with Crippen molar-refractivity contribution >= 4 is 5.97 Å². The molecule has 19 heavy (non-hydrogen) atoms. The molecule has 1 aromatic carbocycles. The summed E-state index contributed by atoms with van der Waals surface area (Å²) in [7, 11) is 0. The van der Waals surface area contributed by atoms with E-state index in [1.54, 1.807) is 0 Å². The molecule has 5 heteroatoms. The molecule has 1 aromatic heterocycles. The first-order chi connectivity index (χ1) is 9.06. The van der Waals surface area contributed by atoms with Gasteiger partial charge in [0.1, 0.15) is 11.5 Å². The maximum atomic E-state index is 10.8. The second-order valence-corrected chi connectivity index (χ2v) is 4.35. The average Bonchev–Trinajstić information content (AvgIpc) is 2.76. The fourth-order valence-corrected chi connectivity index (χ4v) is 1.90. The lowest BCUT2D eigenvalue weighted by molar-refractivity contribution is 0.0688. The van der Waals surface area contributed by atoms with E-state index in [1.807, 2.05) is 26.0 Å². The van der Waals surface area contributed by atoms with Gasteiger partial charge in [0.2, 0.25) is 0 Å². The zero-order chi connectivity index (χ0) is 13.8. The Morgan fingerprint density at radius 2 is 2.00 bits per heavy atom. The SMILES string of the molecule is Cc1cc(C)cc(OCCc2ocnc2C(=O)O)c1. The summed E-state index contributed by atoms with van der Waals surface area (Å²) in [6.45, 7) is 4.34. The topological polar surface area (TPSA) is 72.6 Å². The summed E-state index contributed by atoms with van der Waals surface area (Å²) in [5.41, 5.74) is 2.20. The van der Waals surface area contributed by atoms with E-state index in [0.717, 1.165) is 23.3 Å². The number of benzene rings is 1. The fraction of sp³-hybridized carbons (Fsp3) is 0.286. The summed E-state index contributed by atoms with van der Waals surface area (Å²) in [5, 5.41) is 8.88. The maximum Gasteiger partial charge on any atom is 0.358 e. The first-order valence-corrected chi connectivity index (χ1v) is 5.93. The molecule has 0 amide bonds. The lowest BCUT2D eigenvalue weighted by Crippen LogP contribution is -2.06. The fourth-order valence-electron chi connectivity index (χ4n) is 1.90. The lowest BCUT2D eigenvalue weighted by Gasteiger charge is -2.07. The molecule has 0 saturated carbocycles. The van der Waals surface area contributed by atoms with Gasteiger partial charge < -0.3 is 14.3 Å². The quantitative estimate of drug-likeness (QED) is 0.895. The molecule has 0 atom stereocenters. The van der Waals surface area contributed by atoms with E-state index >= 15 is 0 Å². The normalized spacial score (nSPS) is 10.4. The van der Waals surface area contributed by atoms with Crippen LogP contribution in [0.3, 0.4) is 0 Å². The number of aromatic carboxylic acids is 1. The molecule has 0 unspecified atom stereocenters. The number of carboxylic acids is 1. The number of hydrogen-bond acceptors (Lipinski definition) is 4. The van der Waals surface area contributed by atoms with Gasteiger partial charge >= 0.3 is 5.97 Å². The summed E-state index contributed by atoms with van der Waals surface area (Å²) in [5.74, 6) is 0.0147. The van der Waals surface area contributed by atoms with Gasteiger partial charge in [0.25, 0.3) is 0 Å². The molecule has 1 N–H and O–H groups in total. The van der Waals surface area contributed by atoms with Crippen molar-refractivity contribution in [1.82, 2.24) is 4.98 Å². The Bertz CT molecular complexity index is 569. The van der Waals surface area contributed by atoms with Crippen LogP contribution in [0.15, 0.2) is 29.0 Å². The molecule has 2 aromatic rings. The summed E-state index contributed by atoms with van der Waals surface area (Å²) >= 11 is 0. The van der Waals surface area contributed by atoms with Gasteiger partial charge in [-0.05, 0) is 37.1 Å². The molecule has 0 spiro atoms. The van der Waals surface area contributed by atoms with E-state index in [9.17, 15) is 4.79 Å². The van der Waals surface area contributed by atoms with Gasteiger partial charge in [-0.1, -0.05) is 6.07 Å². The van der Waals surface area contributed by atoms with Crippen molar-refractivity contribution in [3.63, 3.8) is 0 Å². The van der Waals surface area contributed by atoms with Crippen molar-refractivity contribution in [1.29, 1.82) is 0 Å². The molecular formula is C14H15NO4. The van der Waals surface area contributed by atoms with Crippen LogP contribution in [0.5, 0.6) is 5.75 Å². The molecule has 0 bridgehead atoms. The monoisotopic (exact) mass is 261 g/mol. The average molecular weight is 261 g/mol. The second-order valence-electron chi connectivity index (χ2n) is 4.35. The van der Waals surface area contributed by atoms with Gasteiger partial charge in [0.05, 0.1) is 6.61 Å². The summed E-state index contributed by atoms with van der Waals surface area (Å²) in [6, 6.07) is 5.93. The van der Waals surface area contributed by atoms with Crippen LogP contribution in [0, 0.1) is 13.8 Å². The summed E-state index contributed by atoms with van der Waals surface area (Å²) in [6.07, 6.45) is 1.50. The number of aromatic nitrogens is 1. The molecule has 5 nitrogen and oxygen atoms in total. The van der Waals surface area contributed by atoms with Crippen LogP contribution in [-0.4, -0.2) is 22.7 Å². The van der Waals surface area contributed by atoms with Crippen LogP contribution in [0.25, 0.3) is 0 Å². The highest BCUT2D eigenvalue weighted by atomic mass is 16.5. The Hall–Kier alpha value is -2.30. The number of oxazole rings is 1. The number of aryl methyl sites for hydroxylation is 2. The predicted octanol–water partition coefficient (Wildman–Crippen LogP) is 2.61. The number of rotatable bonds is 5. The van der Waals surface area contributed by atoms with Gasteiger partial charge in [-0.2, -0.15) is 0 Å². The Morgan fingerprint density at radius 3 is 2.63 bits per heavy atom. The molecule has 0 radical (unpaired) electrons. The second kappa shape index (κ2) is 5.56. The first-order valence-electron chi connectivity index (χ1n) is 5.93. The van der Waals surface area contributed by atoms with Gasteiger partial charge in [-0.15, -0.1) is 0 Å². The van der Waals surface area contributed by atoms with Crippen molar-refractivity contribution < 1.29 is 19.1 Å². The zero-order valence-corrected chi connectivity index (χ0v) is 10.8. The van der Waals surface area contributed by atoms with Crippen molar-refractivity contribution in [3.8, 4) is 5.75 Å². The van der Waals surface area contributed by atoms with E-state index in [1.165, 1.54) is 0 Å². The van der Waals surface area contributed by atoms with Crippen molar-refractivity contribution in [2.75, 3.05) is 6.61 Å². The molecule has 0 fully saturated rings. The third-order valence-corrected chi connectivity index (χ3v) is 2.64. The maximum absolute atomic E-state index is 10.8. The smallest absolute Gasteiger partial charge is 0.358 e. The Morgan fingerprint density at radius 1 is 1.32 bits per heavy atom. The van der Waals surface area contributed by atoms with Gasteiger partial charge in [0.15, 0.2) is 12.1 Å². The Labute approximate surface area is 110 Å². The third-order valence-electron chi connectivity index (χ3n) is 2.64. The molecule has 100 valence electrons. The lowest BCUT2D eigenvalue weighted by atomic mass is 10.1. The van der Waals surface area contributed by atoms with E-state index in [-0.39, 0.29) is 5.69 Å². The Balaban J connectivity index is 1.96. The van der Waals surface area contributed by atoms with Crippen molar-refractivity contribution in [2.24, 2.45) is 0 Å². The highest BCUT2D eigenvalue weighted by Crippen LogP contribution is 2.17. The number of hydrogen-bond donors (Lipinski definition) is 1. The van der Waals surface area contributed by atoms with E-state index in [4.69, 9.17) is 14.3 Å². The van der Waals surface area contributed by atoms with E-state index in [2.05, 4.69) is 11.1 Å². The molecule has 0 aliphatic rings. The standard InChI is InChI=1S/C14H15NO4/c1-9-5-10(2)7-11(6-9)18-4-3-12-13(14(16)17)15-8-19-12/h5-8H,3-4H2,1-2H3,(H,16,17). The summed E-state index contributed by atoms with van der Waals surface area (Å²) < 4.78 is 10.6.